The summed E-state index contributed by atoms with van der Waals surface area (Å²) in [6.07, 6.45) is 0.297. The molecule has 30 heavy (non-hydrogen) atoms. The lowest BCUT2D eigenvalue weighted by atomic mass is 9.95. The van der Waals surface area contributed by atoms with Crippen molar-refractivity contribution in [1.82, 2.24) is 20.2 Å². The van der Waals surface area contributed by atoms with E-state index < -0.39 is 5.66 Å². The molecule has 0 spiro atoms. The number of para-hydroxylation sites is 2. The predicted octanol–water partition coefficient (Wildman–Crippen LogP) is 2.99. The van der Waals surface area contributed by atoms with Crippen molar-refractivity contribution >= 4 is 22.8 Å². The third kappa shape index (κ3) is 2.93. The highest BCUT2D eigenvalue weighted by Crippen LogP contribution is 2.31. The van der Waals surface area contributed by atoms with Gasteiger partial charge in [0.05, 0.1) is 17.6 Å². The molecule has 1 aliphatic rings. The molecule has 3 aromatic carbocycles. The van der Waals surface area contributed by atoms with Gasteiger partial charge in [-0.15, -0.1) is 0 Å². The van der Waals surface area contributed by atoms with Gasteiger partial charge < -0.3 is 10.6 Å². The number of fused-ring (bicyclic) bond motifs is 3. The first kappa shape index (κ1) is 18.1. The quantitative estimate of drug-likeness (QED) is 0.557. The fourth-order valence-corrected chi connectivity index (χ4v) is 4.08. The Bertz CT molecular complexity index is 1230. The normalized spacial score (nSPS) is 17.9. The third-order valence-electron chi connectivity index (χ3n) is 5.45. The zero-order valence-electron chi connectivity index (χ0n) is 16.2. The number of carbonyl (C=O) groups excluding carboxylic acids is 2. The van der Waals surface area contributed by atoms with Gasteiger partial charge in [0, 0.05) is 12.0 Å². The van der Waals surface area contributed by atoms with E-state index in [0.29, 0.717) is 24.4 Å². The number of carbonyl (C=O) groups is 2. The molecular formula is C24H20N4O2. The highest BCUT2D eigenvalue weighted by Gasteiger charge is 2.47. The van der Waals surface area contributed by atoms with Crippen LogP contribution in [0.1, 0.15) is 21.7 Å². The third-order valence-corrected chi connectivity index (χ3v) is 5.45. The Morgan fingerprint density at radius 1 is 0.967 bits per heavy atom. The molecule has 0 aliphatic carbocycles. The van der Waals surface area contributed by atoms with Gasteiger partial charge in [-0.3, -0.25) is 14.2 Å². The average molecular weight is 396 g/mol. The minimum atomic E-state index is -1.34. The summed E-state index contributed by atoms with van der Waals surface area (Å²) in [5.74, 6) is 0.138. The van der Waals surface area contributed by atoms with E-state index in [1.807, 2.05) is 65.2 Å². The molecule has 0 fully saturated rings. The minimum Gasteiger partial charge on any atom is -0.345 e. The lowest BCUT2D eigenvalue weighted by Gasteiger charge is -2.39. The molecule has 0 saturated heterocycles. The maximum atomic E-state index is 13.4. The van der Waals surface area contributed by atoms with Crippen molar-refractivity contribution in [1.29, 1.82) is 0 Å². The van der Waals surface area contributed by atoms with Crippen molar-refractivity contribution in [3.8, 4) is 0 Å². The van der Waals surface area contributed by atoms with Crippen LogP contribution in [-0.4, -0.2) is 21.4 Å². The number of benzene rings is 3. The number of imidazole rings is 1. The molecule has 1 unspecified atom stereocenters. The van der Waals surface area contributed by atoms with E-state index in [9.17, 15) is 9.59 Å². The Hall–Kier alpha value is -3.93. The van der Waals surface area contributed by atoms with Gasteiger partial charge in [-0.1, -0.05) is 60.7 Å². The van der Waals surface area contributed by atoms with Crippen LogP contribution in [-0.2, 0) is 23.4 Å². The summed E-state index contributed by atoms with van der Waals surface area (Å²) in [6.45, 7) is 0.311. The van der Waals surface area contributed by atoms with E-state index >= 15 is 0 Å². The Kier molecular flexibility index (Phi) is 4.32. The predicted molar refractivity (Wildman–Crippen MR) is 114 cm³/mol. The molecule has 4 aromatic rings. The Morgan fingerprint density at radius 3 is 2.40 bits per heavy atom. The largest absolute Gasteiger partial charge is 0.345 e. The number of aromatic nitrogens is 2. The van der Waals surface area contributed by atoms with E-state index in [-0.39, 0.29) is 11.8 Å². The van der Waals surface area contributed by atoms with Gasteiger partial charge in [-0.2, -0.15) is 0 Å². The summed E-state index contributed by atoms with van der Waals surface area (Å²) >= 11 is 0. The molecule has 6 nitrogen and oxygen atoms in total. The van der Waals surface area contributed by atoms with Gasteiger partial charge in [-0.25, -0.2) is 4.98 Å². The SMILES string of the molecule is O=C(NC1(Cc2ccccc2)C(=O)NCc2nc3ccccc3n21)c1ccccc1. The number of hydrogen-bond donors (Lipinski definition) is 2. The van der Waals surface area contributed by atoms with Gasteiger partial charge in [0.15, 0.2) is 0 Å². The maximum absolute atomic E-state index is 13.4. The highest BCUT2D eigenvalue weighted by molar-refractivity contribution is 5.99. The second-order valence-corrected chi connectivity index (χ2v) is 7.38. The maximum Gasteiger partial charge on any atom is 0.267 e. The Balaban J connectivity index is 1.70. The number of nitrogens with one attached hydrogen (secondary N) is 2. The van der Waals surface area contributed by atoms with Gasteiger partial charge >= 0.3 is 0 Å². The molecule has 2 N–H and O–H groups in total. The lowest BCUT2D eigenvalue weighted by molar-refractivity contribution is -0.133. The monoisotopic (exact) mass is 396 g/mol. The van der Waals surface area contributed by atoms with Gasteiger partial charge in [0.25, 0.3) is 11.8 Å². The molecular weight excluding hydrogens is 376 g/mol. The Morgan fingerprint density at radius 2 is 1.63 bits per heavy atom. The van der Waals surface area contributed by atoms with Crippen LogP contribution in [0.5, 0.6) is 0 Å². The molecule has 0 radical (unpaired) electrons. The van der Waals surface area contributed by atoms with Crippen LogP contribution in [0.25, 0.3) is 11.0 Å². The second-order valence-electron chi connectivity index (χ2n) is 7.38. The average Bonchev–Trinajstić information content (AvgIpc) is 3.17. The molecule has 148 valence electrons. The molecule has 0 saturated carbocycles. The summed E-state index contributed by atoms with van der Waals surface area (Å²) in [4.78, 5) is 31.3. The second kappa shape index (κ2) is 7.15. The van der Waals surface area contributed by atoms with Gasteiger partial charge in [-0.05, 0) is 29.8 Å². The van der Waals surface area contributed by atoms with Crippen LogP contribution >= 0.6 is 0 Å². The van der Waals surface area contributed by atoms with Crippen LogP contribution in [0.2, 0.25) is 0 Å². The smallest absolute Gasteiger partial charge is 0.267 e. The van der Waals surface area contributed by atoms with Crippen molar-refractivity contribution in [2.45, 2.75) is 18.6 Å². The first-order chi connectivity index (χ1) is 14.7. The molecule has 6 heteroatoms. The summed E-state index contributed by atoms with van der Waals surface area (Å²) in [7, 11) is 0. The van der Waals surface area contributed by atoms with Gasteiger partial charge in [0.1, 0.15) is 5.82 Å². The van der Waals surface area contributed by atoms with Crippen molar-refractivity contribution in [2.75, 3.05) is 0 Å². The van der Waals surface area contributed by atoms with Gasteiger partial charge in [0.2, 0.25) is 5.66 Å². The highest BCUT2D eigenvalue weighted by atomic mass is 16.2. The first-order valence-corrected chi connectivity index (χ1v) is 9.84. The fourth-order valence-electron chi connectivity index (χ4n) is 4.08. The van der Waals surface area contributed by atoms with Crippen molar-refractivity contribution in [3.63, 3.8) is 0 Å². The molecule has 5 rings (SSSR count). The van der Waals surface area contributed by atoms with Crippen LogP contribution in [0.3, 0.4) is 0 Å². The van der Waals surface area contributed by atoms with Crippen LogP contribution in [0.15, 0.2) is 84.9 Å². The molecule has 1 aliphatic heterocycles. The number of nitrogens with zero attached hydrogens (tertiary/aromatic N) is 2. The number of hydrogen-bond acceptors (Lipinski definition) is 3. The lowest BCUT2D eigenvalue weighted by Crippen LogP contribution is -2.64. The first-order valence-electron chi connectivity index (χ1n) is 9.84. The zero-order chi connectivity index (χ0) is 20.6. The minimum absolute atomic E-state index is 0.258. The van der Waals surface area contributed by atoms with E-state index in [0.717, 1.165) is 16.6 Å². The molecule has 2 heterocycles. The van der Waals surface area contributed by atoms with Crippen molar-refractivity contribution in [2.24, 2.45) is 0 Å². The molecule has 0 bridgehead atoms. The zero-order valence-corrected chi connectivity index (χ0v) is 16.2. The summed E-state index contributed by atoms with van der Waals surface area (Å²) in [6, 6.07) is 26.3. The van der Waals surface area contributed by atoms with E-state index in [2.05, 4.69) is 10.6 Å². The van der Waals surface area contributed by atoms with E-state index in [1.54, 1.807) is 24.3 Å². The molecule has 1 aromatic heterocycles. The summed E-state index contributed by atoms with van der Waals surface area (Å²) < 4.78 is 1.88. The van der Waals surface area contributed by atoms with Crippen molar-refractivity contribution < 1.29 is 9.59 Å². The van der Waals surface area contributed by atoms with Crippen molar-refractivity contribution in [3.05, 3.63) is 102 Å². The Labute approximate surface area is 173 Å². The number of rotatable bonds is 4. The molecule has 1 atom stereocenters. The number of amides is 2. The summed E-state index contributed by atoms with van der Waals surface area (Å²) in [5, 5.41) is 5.98. The summed E-state index contributed by atoms with van der Waals surface area (Å²) in [5.41, 5.74) is 1.70. The van der Waals surface area contributed by atoms with Crippen LogP contribution in [0, 0.1) is 0 Å². The molecule has 2 amide bonds. The van der Waals surface area contributed by atoms with E-state index in [1.165, 1.54) is 0 Å². The van der Waals surface area contributed by atoms with Crippen LogP contribution < -0.4 is 10.6 Å². The topological polar surface area (TPSA) is 76.0 Å². The van der Waals surface area contributed by atoms with Crippen LogP contribution in [0.4, 0.5) is 0 Å². The fraction of sp³-hybridized carbons (Fsp3) is 0.125. The van der Waals surface area contributed by atoms with E-state index in [4.69, 9.17) is 4.98 Å². The standard InChI is InChI=1S/C24H20N4O2/c29-22(18-11-5-2-6-12-18)27-24(15-17-9-3-1-4-10-17)23(30)25-16-21-26-19-13-7-8-14-20(19)28(21)24/h1-14H,15-16H2,(H,25,30)(H,27,29).